The summed E-state index contributed by atoms with van der Waals surface area (Å²) in [4.78, 5) is 16.5. The van der Waals surface area contributed by atoms with Crippen molar-refractivity contribution in [3.8, 4) is 28.7 Å². The van der Waals surface area contributed by atoms with Gasteiger partial charge in [-0.2, -0.15) is 0 Å². The second-order valence-corrected chi connectivity index (χ2v) is 22.6. The fraction of sp³-hybridized carbons (Fsp3) is 0. The van der Waals surface area contributed by atoms with E-state index in [1.165, 1.54) is 42.3 Å². The molecular weight excluding hydrogens is 907 g/mol. The van der Waals surface area contributed by atoms with Gasteiger partial charge >= 0.3 is 0 Å². The predicted molar refractivity (Wildman–Crippen MR) is 303 cm³/mol. The zero-order valence-electron chi connectivity index (χ0n) is 39.5. The predicted octanol–water partition coefficient (Wildman–Crippen LogP) is 12.5. The number of hydrogen-bond acceptors (Lipinski definition) is 3. The Balaban J connectivity index is 1.00. The molecule has 0 unspecified atom stereocenters. The Morgan fingerprint density at radius 3 is 1.26 bits per heavy atom. The first-order valence-electron chi connectivity index (χ1n) is 24.8. The average molecular weight is 950 g/mol. The van der Waals surface area contributed by atoms with E-state index in [0.29, 0.717) is 5.82 Å². The maximum Gasteiger partial charge on any atom is 0.220 e. The summed E-state index contributed by atoms with van der Waals surface area (Å²) in [5.41, 5.74) is 10.6. The number of hydrogen-bond donors (Lipinski definition) is 0. The van der Waals surface area contributed by atoms with Gasteiger partial charge in [0.05, 0.1) is 44.1 Å². The second kappa shape index (κ2) is 16.2. The molecule has 5 aromatic heterocycles. The SMILES string of the molecule is c1ccc([Si](c2ccccc2)(c2cccc(-c3nc(-n4c5ccccc5c5ccccc54)cc(-n4c5ccccc5c5ccccc54)n3)c2)c2cccc(-n3c4ccccc4n4c5ccccc5nc34)c2)cc1. The first-order valence-corrected chi connectivity index (χ1v) is 26.8. The number of fused-ring (bicyclic) bond motifs is 11. The van der Waals surface area contributed by atoms with Crippen LogP contribution in [0.25, 0.3) is 100 Å². The summed E-state index contributed by atoms with van der Waals surface area (Å²) < 4.78 is 9.23. The van der Waals surface area contributed by atoms with Crippen LogP contribution in [0.1, 0.15) is 0 Å². The minimum atomic E-state index is -3.16. The summed E-state index contributed by atoms with van der Waals surface area (Å²) in [5.74, 6) is 3.11. The Morgan fingerprint density at radius 2 is 0.712 bits per heavy atom. The summed E-state index contributed by atoms with van der Waals surface area (Å²) >= 11 is 0. The molecule has 0 bridgehead atoms. The number of aromatic nitrogens is 7. The van der Waals surface area contributed by atoms with Gasteiger partial charge in [-0.05, 0) is 81.4 Å². The van der Waals surface area contributed by atoms with Gasteiger partial charge in [-0.1, -0.05) is 194 Å². The molecule has 7 nitrogen and oxygen atoms in total. The molecule has 0 fully saturated rings. The summed E-state index contributed by atoms with van der Waals surface area (Å²) in [5, 5.41) is 9.73. The second-order valence-electron chi connectivity index (χ2n) is 18.8. The summed E-state index contributed by atoms with van der Waals surface area (Å²) in [6.07, 6.45) is 0. The first kappa shape index (κ1) is 41.2. The third kappa shape index (κ3) is 6.14. The highest BCUT2D eigenvalue weighted by Crippen LogP contribution is 2.36. The van der Waals surface area contributed by atoms with Crippen molar-refractivity contribution in [1.82, 2.24) is 33.1 Å². The Morgan fingerprint density at radius 1 is 0.288 bits per heavy atom. The zero-order chi connectivity index (χ0) is 48.0. The molecule has 73 heavy (non-hydrogen) atoms. The van der Waals surface area contributed by atoms with Gasteiger partial charge in [0.25, 0.3) is 0 Å². The Labute approximate surface area is 420 Å². The van der Waals surface area contributed by atoms with E-state index < -0.39 is 8.07 Å². The van der Waals surface area contributed by atoms with Crippen LogP contribution in [0, 0.1) is 0 Å². The molecule has 15 rings (SSSR count). The van der Waals surface area contributed by atoms with Crippen LogP contribution < -0.4 is 20.7 Å². The zero-order valence-corrected chi connectivity index (χ0v) is 40.5. The molecule has 0 aliphatic carbocycles. The van der Waals surface area contributed by atoms with Crippen LogP contribution in [0.5, 0.6) is 0 Å². The van der Waals surface area contributed by atoms with Gasteiger partial charge in [-0.15, -0.1) is 0 Å². The number of imidazole rings is 2. The lowest BCUT2D eigenvalue weighted by molar-refractivity contribution is 0.994. The number of rotatable bonds is 8. The number of para-hydroxylation sites is 8. The van der Waals surface area contributed by atoms with E-state index in [-0.39, 0.29) is 0 Å². The lowest BCUT2D eigenvalue weighted by Crippen LogP contribution is -2.74. The summed E-state index contributed by atoms with van der Waals surface area (Å²) in [6, 6.07) is 94.3. The van der Waals surface area contributed by atoms with Crippen LogP contribution >= 0.6 is 0 Å². The minimum absolute atomic E-state index is 0.642. The van der Waals surface area contributed by atoms with Crippen molar-refractivity contribution in [3.63, 3.8) is 0 Å². The molecule has 15 aromatic rings. The summed E-state index contributed by atoms with van der Waals surface area (Å²) in [6.45, 7) is 0. The van der Waals surface area contributed by atoms with Gasteiger partial charge in [0.1, 0.15) is 11.6 Å². The molecule has 0 aliphatic heterocycles. The molecular formula is C65H43N7Si. The van der Waals surface area contributed by atoms with Crippen LogP contribution in [-0.2, 0) is 0 Å². The van der Waals surface area contributed by atoms with Gasteiger partial charge in [0, 0.05) is 38.9 Å². The Hall–Kier alpha value is -9.63. The molecule has 0 atom stereocenters. The molecule has 5 heterocycles. The molecule has 0 amide bonds. The van der Waals surface area contributed by atoms with E-state index in [0.717, 1.165) is 72.8 Å². The molecule has 0 radical (unpaired) electrons. The van der Waals surface area contributed by atoms with E-state index in [4.69, 9.17) is 15.0 Å². The molecule has 0 saturated carbocycles. The minimum Gasteiger partial charge on any atom is -0.294 e. The van der Waals surface area contributed by atoms with Gasteiger partial charge in [-0.25, -0.2) is 15.0 Å². The van der Waals surface area contributed by atoms with Crippen molar-refractivity contribution in [2.75, 3.05) is 0 Å². The summed E-state index contributed by atoms with van der Waals surface area (Å²) in [7, 11) is -3.16. The van der Waals surface area contributed by atoms with Crippen LogP contribution in [0.4, 0.5) is 0 Å². The topological polar surface area (TPSA) is 57.9 Å². The van der Waals surface area contributed by atoms with Crippen LogP contribution in [0.15, 0.2) is 261 Å². The van der Waals surface area contributed by atoms with Crippen molar-refractivity contribution in [1.29, 1.82) is 0 Å². The monoisotopic (exact) mass is 949 g/mol. The highest BCUT2D eigenvalue weighted by atomic mass is 28.3. The van der Waals surface area contributed by atoms with E-state index in [1.54, 1.807) is 0 Å². The smallest absolute Gasteiger partial charge is 0.220 e. The third-order valence-electron chi connectivity index (χ3n) is 14.9. The first-order chi connectivity index (χ1) is 36.2. The maximum absolute atomic E-state index is 5.62. The van der Waals surface area contributed by atoms with Crippen molar-refractivity contribution in [2.45, 2.75) is 0 Å². The highest BCUT2D eigenvalue weighted by molar-refractivity contribution is 7.20. The molecule has 10 aromatic carbocycles. The largest absolute Gasteiger partial charge is 0.294 e. The molecule has 0 N–H and O–H groups in total. The Kier molecular flexibility index (Phi) is 9.14. The highest BCUT2D eigenvalue weighted by Gasteiger charge is 2.42. The average Bonchev–Trinajstić information content (AvgIpc) is 4.20. The van der Waals surface area contributed by atoms with Crippen molar-refractivity contribution in [3.05, 3.63) is 261 Å². The lowest BCUT2D eigenvalue weighted by atomic mass is 10.2. The van der Waals surface area contributed by atoms with E-state index in [1.807, 2.05) is 0 Å². The van der Waals surface area contributed by atoms with E-state index in [2.05, 4.69) is 279 Å². The van der Waals surface area contributed by atoms with Gasteiger partial charge in [0.2, 0.25) is 5.78 Å². The van der Waals surface area contributed by atoms with Crippen molar-refractivity contribution >= 4 is 100 Å². The quantitative estimate of drug-likeness (QED) is 0.113. The van der Waals surface area contributed by atoms with Gasteiger partial charge in [-0.3, -0.25) is 18.1 Å². The van der Waals surface area contributed by atoms with Crippen LogP contribution in [0.3, 0.4) is 0 Å². The van der Waals surface area contributed by atoms with Crippen molar-refractivity contribution in [2.24, 2.45) is 0 Å². The van der Waals surface area contributed by atoms with Gasteiger partial charge < -0.3 is 0 Å². The third-order valence-corrected chi connectivity index (χ3v) is 19.7. The molecule has 0 saturated heterocycles. The molecule has 0 spiro atoms. The van der Waals surface area contributed by atoms with Gasteiger partial charge in [0.15, 0.2) is 13.9 Å². The van der Waals surface area contributed by atoms with E-state index in [9.17, 15) is 0 Å². The standard InChI is InChI=1S/C65H43N7Si/c1-3-23-46(24-4-1)73(47-25-5-2-6-26-47,49-28-20-22-45(42-49)69-60-39-17-18-40-61(60)72-59-38-16-11-33-54(59)66-65(69)72)48-27-19-21-44(41-48)64-67-62(70-55-34-12-7-29-50(55)51-30-8-13-35-56(51)70)43-63(68-64)71-57-36-14-9-31-52(57)53-32-10-15-37-58(53)71/h1-43H. The number of nitrogens with zero attached hydrogens (tertiary/aromatic N) is 7. The fourth-order valence-electron chi connectivity index (χ4n) is 11.9. The molecule has 342 valence electrons. The lowest BCUT2D eigenvalue weighted by Gasteiger charge is -2.35. The molecule has 8 heteroatoms. The maximum atomic E-state index is 5.62. The van der Waals surface area contributed by atoms with Crippen LogP contribution in [0.2, 0.25) is 0 Å². The normalized spacial score (nSPS) is 12.1. The molecule has 0 aliphatic rings. The van der Waals surface area contributed by atoms with Crippen molar-refractivity contribution < 1.29 is 0 Å². The van der Waals surface area contributed by atoms with E-state index >= 15 is 0 Å². The van der Waals surface area contributed by atoms with Crippen LogP contribution in [-0.4, -0.2) is 41.1 Å². The fourth-order valence-corrected chi connectivity index (χ4v) is 16.7. The Bertz CT molecular complexity index is 4360. The number of benzene rings is 10.